The van der Waals surface area contributed by atoms with Crippen molar-refractivity contribution in [2.75, 3.05) is 44.8 Å². The van der Waals surface area contributed by atoms with Crippen molar-refractivity contribution in [3.63, 3.8) is 0 Å². The van der Waals surface area contributed by atoms with Crippen LogP contribution >= 0.6 is 0 Å². The van der Waals surface area contributed by atoms with Crippen LogP contribution in [0.15, 0.2) is 42.0 Å². The summed E-state index contributed by atoms with van der Waals surface area (Å²) < 4.78 is 29.0. The highest BCUT2D eigenvalue weighted by Crippen LogP contribution is 2.76. The molecule has 5 aliphatic carbocycles. The number of carbonyl (C=O) groups excluding carboxylic acids is 1. The molecule has 4 saturated carbocycles. The average Bonchev–Trinajstić information content (AvgIpc) is 3.44. The van der Waals surface area contributed by atoms with Crippen molar-refractivity contribution in [1.29, 1.82) is 0 Å². The van der Waals surface area contributed by atoms with Crippen LogP contribution in [0.4, 0.5) is 0 Å². The fourth-order valence-electron chi connectivity index (χ4n) is 13.5. The van der Waals surface area contributed by atoms with Gasteiger partial charge in [0.1, 0.15) is 0 Å². The number of nitrogens with zero attached hydrogens (tertiary/aromatic N) is 1. The van der Waals surface area contributed by atoms with Crippen LogP contribution in [0.2, 0.25) is 0 Å². The summed E-state index contributed by atoms with van der Waals surface area (Å²) in [6.07, 6.45) is 16.4. The zero-order chi connectivity index (χ0) is 35.0. The minimum atomic E-state index is -2.85. The predicted octanol–water partition coefficient (Wildman–Crippen LogP) is 7.95. The van der Waals surface area contributed by atoms with Gasteiger partial charge in [-0.2, -0.15) is 0 Å². The Hall–Kier alpha value is -1.96. The second kappa shape index (κ2) is 12.3. The first-order valence-electron chi connectivity index (χ1n) is 19.4. The molecule has 7 rings (SSSR count). The molecule has 1 N–H and O–H groups in total. The summed E-state index contributed by atoms with van der Waals surface area (Å²) >= 11 is 0. The summed E-state index contributed by atoms with van der Waals surface area (Å²) in [4.78, 5) is 14.5. The third kappa shape index (κ3) is 5.45. The zero-order valence-electron chi connectivity index (χ0n) is 31.4. The number of esters is 1. The molecule has 1 aromatic carbocycles. The molecule has 7 heteroatoms. The standard InChI is InChI=1S/C42H62N2O4S/c1-8-29-15-20-42(43-23-24-44-25-27-49(46,47)28-26-44)22-21-40(5)33(36(29)42)13-14-35-39(4)18-16-32(30-9-11-31(12-10-30)37(45)48-7)38(2,3)34(39)17-19-41(35,40)6/h8-12,16,33-36,43H,13-15,17-28H2,1-7H3/b29-8+/t33-,34+,35-,36-,39+,40-,41-,42?/m1/s1. The lowest BCUT2D eigenvalue weighted by Gasteiger charge is -2.72. The topological polar surface area (TPSA) is 75.7 Å². The number of sulfone groups is 1. The van der Waals surface area contributed by atoms with Gasteiger partial charge >= 0.3 is 5.97 Å². The van der Waals surface area contributed by atoms with Gasteiger partial charge in [-0.05, 0) is 127 Å². The summed E-state index contributed by atoms with van der Waals surface area (Å²) in [6, 6.07) is 8.10. The highest BCUT2D eigenvalue weighted by Gasteiger charge is 2.69. The first-order chi connectivity index (χ1) is 23.1. The zero-order valence-corrected chi connectivity index (χ0v) is 32.2. The molecule has 1 aliphatic heterocycles. The van der Waals surface area contributed by atoms with E-state index in [1.807, 2.05) is 12.1 Å². The number of nitrogens with one attached hydrogen (secondary N) is 1. The maximum atomic E-state index is 12.1. The summed E-state index contributed by atoms with van der Waals surface area (Å²) in [6.45, 7) is 18.6. The number of hydrogen-bond donors (Lipinski definition) is 1. The Labute approximate surface area is 296 Å². The Morgan fingerprint density at radius 2 is 1.65 bits per heavy atom. The molecule has 0 aromatic heterocycles. The van der Waals surface area contributed by atoms with E-state index in [2.05, 4.69) is 76.0 Å². The summed E-state index contributed by atoms with van der Waals surface area (Å²) in [7, 11) is -1.41. The van der Waals surface area contributed by atoms with Crippen molar-refractivity contribution in [3.05, 3.63) is 53.1 Å². The Morgan fingerprint density at radius 3 is 2.33 bits per heavy atom. The smallest absolute Gasteiger partial charge is 0.337 e. The van der Waals surface area contributed by atoms with E-state index in [-0.39, 0.29) is 22.3 Å². The number of carbonyl (C=O) groups is 1. The van der Waals surface area contributed by atoms with Gasteiger partial charge in [-0.1, -0.05) is 64.5 Å². The third-order valence-corrected chi connectivity index (χ3v) is 17.8. The van der Waals surface area contributed by atoms with Crippen LogP contribution in [0.25, 0.3) is 5.57 Å². The molecule has 8 atom stereocenters. The summed E-state index contributed by atoms with van der Waals surface area (Å²) in [5.41, 5.74) is 6.07. The van der Waals surface area contributed by atoms with Crippen LogP contribution in [-0.4, -0.2) is 69.6 Å². The van der Waals surface area contributed by atoms with Crippen LogP contribution in [0.3, 0.4) is 0 Å². The number of methoxy groups -OCH3 is 1. The maximum Gasteiger partial charge on any atom is 0.337 e. The Balaban J connectivity index is 1.13. The van der Waals surface area contributed by atoms with Gasteiger partial charge in [0.05, 0.1) is 24.2 Å². The summed E-state index contributed by atoms with van der Waals surface area (Å²) in [5.74, 6) is 2.95. The molecule has 1 aromatic rings. The van der Waals surface area contributed by atoms with Gasteiger partial charge in [0.25, 0.3) is 0 Å². The number of allylic oxidation sites excluding steroid dienone is 3. The predicted molar refractivity (Wildman–Crippen MR) is 199 cm³/mol. The van der Waals surface area contributed by atoms with Crippen molar-refractivity contribution >= 4 is 21.4 Å². The van der Waals surface area contributed by atoms with Crippen LogP contribution in [-0.2, 0) is 14.6 Å². The van der Waals surface area contributed by atoms with E-state index in [0.29, 0.717) is 64.7 Å². The Morgan fingerprint density at radius 1 is 0.939 bits per heavy atom. The monoisotopic (exact) mass is 690 g/mol. The number of fused-ring (bicyclic) bond motifs is 7. The lowest BCUT2D eigenvalue weighted by atomic mass is 9.33. The normalized spacial score (nSPS) is 41.9. The number of rotatable bonds is 6. The van der Waals surface area contributed by atoms with Crippen molar-refractivity contribution in [3.8, 4) is 0 Å². The number of benzene rings is 1. The number of ether oxygens (including phenoxy) is 1. The van der Waals surface area contributed by atoms with E-state index >= 15 is 0 Å². The fourth-order valence-corrected chi connectivity index (χ4v) is 14.7. The highest BCUT2D eigenvalue weighted by atomic mass is 32.2. The van der Waals surface area contributed by atoms with Crippen LogP contribution in [0.1, 0.15) is 115 Å². The molecule has 6 aliphatic rings. The molecular formula is C42H62N2O4S. The second-order valence-electron chi connectivity index (χ2n) is 18.2. The van der Waals surface area contributed by atoms with Gasteiger partial charge in [0.2, 0.25) is 0 Å². The fraction of sp³-hybridized carbons (Fsp3) is 0.738. The van der Waals surface area contributed by atoms with Crippen molar-refractivity contribution < 1.29 is 17.9 Å². The van der Waals surface area contributed by atoms with E-state index in [4.69, 9.17) is 4.74 Å². The molecule has 5 fully saturated rings. The lowest BCUT2D eigenvalue weighted by molar-refractivity contribution is -0.213. The Bertz CT molecular complexity index is 1620. The molecule has 0 radical (unpaired) electrons. The highest BCUT2D eigenvalue weighted by molar-refractivity contribution is 7.91. The minimum Gasteiger partial charge on any atom is -0.465 e. The molecule has 270 valence electrons. The average molecular weight is 691 g/mol. The molecule has 0 bridgehead atoms. The quantitative estimate of drug-likeness (QED) is 0.241. The third-order valence-electron chi connectivity index (χ3n) is 16.2. The van der Waals surface area contributed by atoms with Gasteiger partial charge in [0, 0.05) is 37.6 Å². The van der Waals surface area contributed by atoms with Gasteiger partial charge in [-0.3, -0.25) is 0 Å². The minimum absolute atomic E-state index is 0.0482. The molecule has 6 nitrogen and oxygen atoms in total. The van der Waals surface area contributed by atoms with Crippen LogP contribution in [0.5, 0.6) is 0 Å². The lowest BCUT2D eigenvalue weighted by Crippen LogP contribution is -2.67. The van der Waals surface area contributed by atoms with Gasteiger partial charge < -0.3 is 15.0 Å². The van der Waals surface area contributed by atoms with Gasteiger partial charge in [-0.15, -0.1) is 0 Å². The second-order valence-corrected chi connectivity index (χ2v) is 20.5. The molecule has 1 unspecified atom stereocenters. The van der Waals surface area contributed by atoms with E-state index < -0.39 is 9.84 Å². The Kier molecular flexibility index (Phi) is 8.92. The van der Waals surface area contributed by atoms with Crippen molar-refractivity contribution in [2.45, 2.75) is 105 Å². The van der Waals surface area contributed by atoms with Crippen LogP contribution < -0.4 is 5.32 Å². The van der Waals surface area contributed by atoms with E-state index in [9.17, 15) is 13.2 Å². The first-order valence-corrected chi connectivity index (χ1v) is 21.2. The molecule has 1 saturated heterocycles. The number of hydrogen-bond acceptors (Lipinski definition) is 6. The molecule has 0 spiro atoms. The van der Waals surface area contributed by atoms with Crippen molar-refractivity contribution in [1.82, 2.24) is 10.2 Å². The molecule has 49 heavy (non-hydrogen) atoms. The van der Waals surface area contributed by atoms with E-state index in [1.54, 1.807) is 5.57 Å². The SMILES string of the molecule is C/C=C1\CCC2(NCCN3CCS(=O)(=O)CC3)CC[C@]3(C)[C@H](CC[C@@H]4[C@@]5(C)CC=C(c6ccc(C(=O)OC)cc6)C(C)(C)[C@@H]5CC[C@]43C)[C@@H]12. The van der Waals surface area contributed by atoms with Crippen LogP contribution in [0, 0.1) is 45.3 Å². The van der Waals surface area contributed by atoms with E-state index in [1.165, 1.54) is 69.6 Å². The van der Waals surface area contributed by atoms with Gasteiger partial charge in [-0.25, -0.2) is 13.2 Å². The molecule has 1 heterocycles. The first kappa shape index (κ1) is 35.4. The maximum absolute atomic E-state index is 12.1. The molecule has 0 amide bonds. The largest absolute Gasteiger partial charge is 0.465 e. The van der Waals surface area contributed by atoms with Gasteiger partial charge in [0.15, 0.2) is 9.84 Å². The van der Waals surface area contributed by atoms with Crippen molar-refractivity contribution in [2.24, 2.45) is 45.3 Å². The molecular weight excluding hydrogens is 629 g/mol. The van der Waals surface area contributed by atoms with E-state index in [0.717, 1.165) is 19.5 Å². The summed E-state index contributed by atoms with van der Waals surface area (Å²) in [5, 5.41) is 4.20.